The molecule has 1 fully saturated rings. The summed E-state index contributed by atoms with van der Waals surface area (Å²) < 4.78 is 27.8. The first-order valence-electron chi connectivity index (χ1n) is 11.2. The van der Waals surface area contributed by atoms with Crippen molar-refractivity contribution in [3.63, 3.8) is 0 Å². The molecule has 2 N–H and O–H groups in total. The Hall–Kier alpha value is -3.16. The molecule has 0 aliphatic carbocycles. The average molecular weight is 464 g/mol. The van der Waals surface area contributed by atoms with Gasteiger partial charge in [0.05, 0.1) is 4.90 Å². The Morgan fingerprint density at radius 2 is 1.48 bits per heavy atom. The number of piperidine rings is 1. The van der Waals surface area contributed by atoms with Crippen molar-refractivity contribution in [3.8, 4) is 0 Å². The number of anilines is 2. The van der Waals surface area contributed by atoms with E-state index in [0.717, 1.165) is 38.0 Å². The lowest BCUT2D eigenvalue weighted by Gasteiger charge is -2.31. The van der Waals surface area contributed by atoms with Crippen LogP contribution in [0.2, 0.25) is 0 Å². The second-order valence-corrected chi connectivity index (χ2v) is 10.2. The normalized spacial score (nSPS) is 15.2. The summed E-state index contributed by atoms with van der Waals surface area (Å²) >= 11 is 0. The van der Waals surface area contributed by atoms with Crippen molar-refractivity contribution in [2.45, 2.75) is 31.2 Å². The van der Waals surface area contributed by atoms with Gasteiger partial charge in [-0.05, 0) is 74.8 Å². The molecular formula is C26H29N3O3S. The molecule has 1 amide bonds. The molecule has 3 aromatic rings. The first kappa shape index (κ1) is 23.0. The van der Waals surface area contributed by atoms with Crippen molar-refractivity contribution in [3.05, 3.63) is 90.0 Å². The highest BCUT2D eigenvalue weighted by Crippen LogP contribution is 2.22. The van der Waals surface area contributed by atoms with Gasteiger partial charge in [0.25, 0.3) is 10.0 Å². The van der Waals surface area contributed by atoms with Crippen LogP contribution >= 0.6 is 0 Å². The van der Waals surface area contributed by atoms with Gasteiger partial charge in [-0.3, -0.25) is 14.4 Å². The highest BCUT2D eigenvalue weighted by Gasteiger charge is 2.25. The fraction of sp³-hybridized carbons (Fsp3) is 0.269. The van der Waals surface area contributed by atoms with E-state index in [1.165, 1.54) is 17.7 Å². The maximum absolute atomic E-state index is 12.7. The van der Waals surface area contributed by atoms with Gasteiger partial charge >= 0.3 is 0 Å². The van der Waals surface area contributed by atoms with Gasteiger partial charge in [0.1, 0.15) is 0 Å². The minimum atomic E-state index is -3.69. The molecule has 33 heavy (non-hydrogen) atoms. The van der Waals surface area contributed by atoms with E-state index < -0.39 is 10.0 Å². The summed E-state index contributed by atoms with van der Waals surface area (Å²) in [6.07, 6.45) is 1.62. The van der Waals surface area contributed by atoms with Crippen LogP contribution in [0.4, 0.5) is 11.4 Å². The lowest BCUT2D eigenvalue weighted by Crippen LogP contribution is -2.37. The number of amides is 1. The third kappa shape index (κ3) is 6.21. The largest absolute Gasteiger partial charge is 0.326 e. The molecule has 0 spiro atoms. The monoisotopic (exact) mass is 463 g/mol. The maximum Gasteiger partial charge on any atom is 0.261 e. The second-order valence-electron chi connectivity index (χ2n) is 8.52. The highest BCUT2D eigenvalue weighted by atomic mass is 32.2. The number of aryl methyl sites for hydroxylation is 1. The van der Waals surface area contributed by atoms with E-state index in [-0.39, 0.29) is 16.7 Å². The van der Waals surface area contributed by atoms with Gasteiger partial charge in [-0.1, -0.05) is 48.0 Å². The molecular weight excluding hydrogens is 434 g/mol. The predicted molar refractivity (Wildman–Crippen MR) is 132 cm³/mol. The van der Waals surface area contributed by atoms with E-state index in [1.807, 2.05) is 37.3 Å². The molecule has 0 atom stereocenters. The summed E-state index contributed by atoms with van der Waals surface area (Å²) in [5.41, 5.74) is 3.45. The van der Waals surface area contributed by atoms with Gasteiger partial charge in [-0.25, -0.2) is 8.42 Å². The number of benzene rings is 3. The van der Waals surface area contributed by atoms with Crippen LogP contribution in [0.5, 0.6) is 0 Å². The van der Waals surface area contributed by atoms with Gasteiger partial charge in [0, 0.05) is 23.8 Å². The molecule has 1 aliphatic heterocycles. The first-order chi connectivity index (χ1) is 15.9. The average Bonchev–Trinajstić information content (AvgIpc) is 2.82. The Balaban J connectivity index is 1.29. The van der Waals surface area contributed by atoms with Crippen LogP contribution in [0.15, 0.2) is 83.8 Å². The van der Waals surface area contributed by atoms with Gasteiger partial charge in [0.2, 0.25) is 5.91 Å². The third-order valence-electron chi connectivity index (χ3n) is 5.94. The predicted octanol–water partition coefficient (Wildman–Crippen LogP) is 4.65. The van der Waals surface area contributed by atoms with Gasteiger partial charge in [0.15, 0.2) is 0 Å². The number of nitrogens with one attached hydrogen (secondary N) is 2. The molecule has 1 saturated heterocycles. The molecule has 0 bridgehead atoms. The molecule has 0 aromatic heterocycles. The van der Waals surface area contributed by atoms with E-state index in [0.29, 0.717) is 11.4 Å². The van der Waals surface area contributed by atoms with Crippen molar-refractivity contribution in [1.29, 1.82) is 0 Å². The summed E-state index contributed by atoms with van der Waals surface area (Å²) in [7, 11) is -3.69. The van der Waals surface area contributed by atoms with Crippen LogP contribution < -0.4 is 10.0 Å². The standard InChI is InChI=1S/C26H29N3O3S/c1-20-7-9-24(10-8-20)28-33(31,32)25-13-11-23(12-14-25)27-26(30)22-15-17-29(18-16-22)19-21-5-3-2-4-6-21/h2-14,22,28H,15-19H2,1H3,(H,27,30). The van der Waals surface area contributed by atoms with Crippen molar-refractivity contribution in [2.75, 3.05) is 23.1 Å². The zero-order valence-electron chi connectivity index (χ0n) is 18.7. The van der Waals surface area contributed by atoms with Crippen LogP contribution in [0.1, 0.15) is 24.0 Å². The first-order valence-corrected chi connectivity index (χ1v) is 12.6. The molecule has 172 valence electrons. The molecule has 0 saturated carbocycles. The summed E-state index contributed by atoms with van der Waals surface area (Å²) in [5.74, 6) is -0.0496. The lowest BCUT2D eigenvalue weighted by molar-refractivity contribution is -0.121. The lowest BCUT2D eigenvalue weighted by atomic mass is 9.95. The van der Waals surface area contributed by atoms with Crippen LogP contribution in [-0.4, -0.2) is 32.3 Å². The van der Waals surface area contributed by atoms with Gasteiger partial charge in [-0.2, -0.15) is 0 Å². The number of hydrogen-bond acceptors (Lipinski definition) is 4. The topological polar surface area (TPSA) is 78.5 Å². The molecule has 7 heteroatoms. The summed E-state index contributed by atoms with van der Waals surface area (Å²) in [4.78, 5) is 15.2. The van der Waals surface area contributed by atoms with E-state index in [1.54, 1.807) is 24.3 Å². The SMILES string of the molecule is Cc1ccc(NS(=O)(=O)c2ccc(NC(=O)C3CCN(Cc4ccccc4)CC3)cc2)cc1. The number of carbonyl (C=O) groups is 1. The summed E-state index contributed by atoms with van der Waals surface area (Å²) in [6.45, 7) is 4.62. The Labute approximate surface area is 195 Å². The van der Waals surface area contributed by atoms with E-state index in [9.17, 15) is 13.2 Å². The molecule has 1 heterocycles. The van der Waals surface area contributed by atoms with E-state index in [4.69, 9.17) is 0 Å². The number of hydrogen-bond donors (Lipinski definition) is 2. The highest BCUT2D eigenvalue weighted by molar-refractivity contribution is 7.92. The Morgan fingerprint density at radius 1 is 0.879 bits per heavy atom. The fourth-order valence-electron chi connectivity index (χ4n) is 3.99. The maximum atomic E-state index is 12.7. The van der Waals surface area contributed by atoms with Crippen molar-refractivity contribution >= 4 is 27.3 Å². The molecule has 3 aromatic carbocycles. The molecule has 1 aliphatic rings. The number of sulfonamides is 1. The molecule has 0 unspecified atom stereocenters. The van der Waals surface area contributed by atoms with Crippen molar-refractivity contribution in [1.82, 2.24) is 4.90 Å². The van der Waals surface area contributed by atoms with Gasteiger partial charge in [-0.15, -0.1) is 0 Å². The zero-order chi connectivity index (χ0) is 23.3. The minimum Gasteiger partial charge on any atom is -0.326 e. The Morgan fingerprint density at radius 3 is 2.12 bits per heavy atom. The van der Waals surface area contributed by atoms with E-state index >= 15 is 0 Å². The minimum absolute atomic E-state index is 0.0113. The number of likely N-dealkylation sites (tertiary alicyclic amines) is 1. The van der Waals surface area contributed by atoms with Crippen LogP contribution in [-0.2, 0) is 21.4 Å². The molecule has 4 rings (SSSR count). The van der Waals surface area contributed by atoms with Crippen LogP contribution in [0.25, 0.3) is 0 Å². The Kier molecular flexibility index (Phi) is 7.11. The summed E-state index contributed by atoms with van der Waals surface area (Å²) in [6, 6.07) is 23.8. The van der Waals surface area contributed by atoms with Crippen molar-refractivity contribution < 1.29 is 13.2 Å². The van der Waals surface area contributed by atoms with Crippen LogP contribution in [0.3, 0.4) is 0 Å². The van der Waals surface area contributed by atoms with Crippen molar-refractivity contribution in [2.24, 2.45) is 5.92 Å². The van der Waals surface area contributed by atoms with E-state index in [2.05, 4.69) is 27.1 Å². The molecule has 0 radical (unpaired) electrons. The fourth-order valence-corrected chi connectivity index (χ4v) is 5.05. The Bertz CT molecular complexity index is 1170. The number of nitrogens with zero attached hydrogens (tertiary/aromatic N) is 1. The quantitative estimate of drug-likeness (QED) is 0.535. The number of rotatable bonds is 7. The smallest absolute Gasteiger partial charge is 0.261 e. The third-order valence-corrected chi connectivity index (χ3v) is 7.34. The zero-order valence-corrected chi connectivity index (χ0v) is 19.5. The summed E-state index contributed by atoms with van der Waals surface area (Å²) in [5, 5.41) is 2.94. The van der Waals surface area contributed by atoms with Crippen LogP contribution in [0, 0.1) is 12.8 Å². The second kappa shape index (κ2) is 10.2. The number of carbonyl (C=O) groups excluding carboxylic acids is 1. The molecule has 6 nitrogen and oxygen atoms in total. The van der Waals surface area contributed by atoms with Gasteiger partial charge < -0.3 is 5.32 Å².